The number of amides is 2. The van der Waals surface area contributed by atoms with E-state index in [1.54, 1.807) is 30.2 Å². The van der Waals surface area contributed by atoms with E-state index in [1.807, 2.05) is 0 Å². The lowest BCUT2D eigenvalue weighted by molar-refractivity contribution is -0.158. The monoisotopic (exact) mass is 320 g/mol. The van der Waals surface area contributed by atoms with Crippen LogP contribution in [0.2, 0.25) is 0 Å². The summed E-state index contributed by atoms with van der Waals surface area (Å²) in [6.45, 7) is 2.18. The van der Waals surface area contributed by atoms with Gasteiger partial charge in [-0.2, -0.15) is 0 Å². The smallest absolute Gasteiger partial charge is 0.312 e. The van der Waals surface area contributed by atoms with Crippen molar-refractivity contribution in [2.24, 2.45) is 5.92 Å². The van der Waals surface area contributed by atoms with Crippen LogP contribution in [0.25, 0.3) is 0 Å². The highest BCUT2D eigenvalue weighted by Crippen LogP contribution is 2.22. The first-order valence-electron chi connectivity index (χ1n) is 7.84. The molecule has 2 fully saturated rings. The summed E-state index contributed by atoms with van der Waals surface area (Å²) in [4.78, 5) is 37.5. The third kappa shape index (κ3) is 3.91. The van der Waals surface area contributed by atoms with Crippen LogP contribution in [0.1, 0.15) is 31.9 Å². The van der Waals surface area contributed by atoms with Gasteiger partial charge in [-0.25, -0.2) is 0 Å². The number of nitrogens with one attached hydrogen (secondary N) is 1. The van der Waals surface area contributed by atoms with E-state index in [0.717, 1.165) is 12.8 Å². The predicted molar refractivity (Wildman–Crippen MR) is 79.0 cm³/mol. The molecule has 0 spiro atoms. The maximum absolute atomic E-state index is 12.2. The first-order chi connectivity index (χ1) is 11.0. The van der Waals surface area contributed by atoms with Gasteiger partial charge in [-0.3, -0.25) is 14.4 Å². The summed E-state index contributed by atoms with van der Waals surface area (Å²) < 4.78 is 10.4. The molecule has 1 aromatic heterocycles. The second kappa shape index (κ2) is 6.44. The zero-order chi connectivity index (χ0) is 16.4. The Morgan fingerprint density at radius 3 is 2.91 bits per heavy atom. The van der Waals surface area contributed by atoms with Gasteiger partial charge in [0.05, 0.1) is 18.7 Å². The second-order valence-electron chi connectivity index (χ2n) is 6.12. The van der Waals surface area contributed by atoms with Gasteiger partial charge in [0, 0.05) is 19.0 Å². The highest BCUT2D eigenvalue weighted by Gasteiger charge is 2.37. The van der Waals surface area contributed by atoms with Gasteiger partial charge in [-0.15, -0.1) is 0 Å². The van der Waals surface area contributed by atoms with Crippen molar-refractivity contribution in [3.05, 3.63) is 24.2 Å². The van der Waals surface area contributed by atoms with E-state index < -0.39 is 18.0 Å². The van der Waals surface area contributed by atoms with Crippen LogP contribution in [0, 0.1) is 5.92 Å². The molecule has 2 aliphatic rings. The number of carbonyl (C=O) groups is 3. The molecular weight excluding hydrogens is 300 g/mol. The molecule has 0 unspecified atom stereocenters. The van der Waals surface area contributed by atoms with Gasteiger partial charge in [0.25, 0.3) is 5.91 Å². The zero-order valence-electron chi connectivity index (χ0n) is 13.0. The summed E-state index contributed by atoms with van der Waals surface area (Å²) in [6, 6.07) is 3.76. The molecule has 1 N–H and O–H groups in total. The summed E-state index contributed by atoms with van der Waals surface area (Å²) in [6.07, 6.45) is 2.77. The molecule has 3 rings (SSSR count). The van der Waals surface area contributed by atoms with E-state index in [2.05, 4.69) is 5.32 Å². The minimum absolute atomic E-state index is 0.108. The Morgan fingerprint density at radius 2 is 2.26 bits per heavy atom. The fourth-order valence-electron chi connectivity index (χ4n) is 2.54. The minimum atomic E-state index is -0.836. The van der Waals surface area contributed by atoms with E-state index in [1.165, 1.54) is 0 Å². The molecule has 1 saturated carbocycles. The number of nitrogens with zero attached hydrogens (tertiary/aromatic N) is 1. The third-order valence-electron chi connectivity index (χ3n) is 4.06. The van der Waals surface area contributed by atoms with Crippen molar-refractivity contribution in [1.82, 2.24) is 10.2 Å². The SMILES string of the molecule is C[C@H](OC(=O)[C@H]1CC(=O)N(Cc2ccco2)C1)C(=O)NC1CC1. The standard InChI is InChI=1S/C16H20N2O5/c1-10(15(20)17-12-4-5-12)23-16(21)11-7-14(19)18(8-11)9-13-3-2-6-22-13/h2-3,6,10-12H,4-5,7-9H2,1H3,(H,17,20)/t10-,11-/m0/s1. The number of likely N-dealkylation sites (tertiary alicyclic amines) is 1. The molecule has 0 aromatic carbocycles. The Bertz CT molecular complexity index is 594. The van der Waals surface area contributed by atoms with Gasteiger partial charge in [-0.1, -0.05) is 0 Å². The maximum atomic E-state index is 12.2. The first-order valence-corrected chi connectivity index (χ1v) is 7.84. The number of esters is 1. The quantitative estimate of drug-likeness (QED) is 0.785. The Balaban J connectivity index is 1.49. The molecule has 23 heavy (non-hydrogen) atoms. The van der Waals surface area contributed by atoms with Gasteiger partial charge < -0.3 is 19.4 Å². The summed E-state index contributed by atoms with van der Waals surface area (Å²) in [5.74, 6) is -0.757. The Kier molecular flexibility index (Phi) is 4.36. The average Bonchev–Trinajstić information content (AvgIpc) is 3.03. The fraction of sp³-hybridized carbons (Fsp3) is 0.562. The first kappa shape index (κ1) is 15.6. The number of hydrogen-bond donors (Lipinski definition) is 1. The molecule has 2 atom stereocenters. The Morgan fingerprint density at radius 1 is 1.48 bits per heavy atom. The van der Waals surface area contributed by atoms with Crippen molar-refractivity contribution < 1.29 is 23.5 Å². The van der Waals surface area contributed by atoms with Crippen molar-refractivity contribution >= 4 is 17.8 Å². The minimum Gasteiger partial charge on any atom is -0.467 e. The Labute approximate surface area is 134 Å². The van der Waals surface area contributed by atoms with Crippen LogP contribution in [0.15, 0.2) is 22.8 Å². The highest BCUT2D eigenvalue weighted by atomic mass is 16.5. The lowest BCUT2D eigenvalue weighted by Gasteiger charge is -2.17. The van der Waals surface area contributed by atoms with Gasteiger partial charge >= 0.3 is 5.97 Å². The van der Waals surface area contributed by atoms with E-state index >= 15 is 0 Å². The van der Waals surface area contributed by atoms with Gasteiger partial charge in [0.1, 0.15) is 5.76 Å². The van der Waals surface area contributed by atoms with Crippen molar-refractivity contribution in [3.63, 3.8) is 0 Å². The molecular formula is C16H20N2O5. The lowest BCUT2D eigenvalue weighted by Crippen LogP contribution is -2.38. The number of furan rings is 1. The van der Waals surface area contributed by atoms with Crippen molar-refractivity contribution in [2.75, 3.05) is 6.54 Å². The molecule has 2 amide bonds. The molecule has 0 radical (unpaired) electrons. The normalized spacial score (nSPS) is 22.0. The molecule has 7 nitrogen and oxygen atoms in total. The average molecular weight is 320 g/mol. The van der Waals surface area contributed by atoms with Crippen LogP contribution in [-0.2, 0) is 25.7 Å². The van der Waals surface area contributed by atoms with E-state index in [0.29, 0.717) is 12.3 Å². The van der Waals surface area contributed by atoms with E-state index in [9.17, 15) is 14.4 Å². The van der Waals surface area contributed by atoms with Crippen molar-refractivity contribution in [1.29, 1.82) is 0 Å². The topological polar surface area (TPSA) is 88.9 Å². The van der Waals surface area contributed by atoms with E-state index in [-0.39, 0.29) is 30.8 Å². The zero-order valence-corrected chi connectivity index (χ0v) is 13.0. The molecule has 0 bridgehead atoms. The van der Waals surface area contributed by atoms with Crippen LogP contribution < -0.4 is 5.32 Å². The number of carbonyl (C=O) groups excluding carboxylic acids is 3. The molecule has 2 heterocycles. The fourth-order valence-corrected chi connectivity index (χ4v) is 2.54. The summed E-state index contributed by atoms with van der Waals surface area (Å²) in [5.41, 5.74) is 0. The molecule has 1 aliphatic heterocycles. The summed E-state index contributed by atoms with van der Waals surface area (Å²) in [5, 5.41) is 2.79. The maximum Gasteiger partial charge on any atom is 0.312 e. The summed E-state index contributed by atoms with van der Waals surface area (Å²) in [7, 11) is 0. The largest absolute Gasteiger partial charge is 0.467 e. The summed E-state index contributed by atoms with van der Waals surface area (Å²) >= 11 is 0. The molecule has 124 valence electrons. The number of hydrogen-bond acceptors (Lipinski definition) is 5. The third-order valence-corrected chi connectivity index (χ3v) is 4.06. The van der Waals surface area contributed by atoms with Crippen LogP contribution in [-0.4, -0.2) is 41.4 Å². The second-order valence-corrected chi connectivity index (χ2v) is 6.12. The van der Waals surface area contributed by atoms with E-state index in [4.69, 9.17) is 9.15 Å². The number of rotatable bonds is 6. The molecule has 1 aromatic rings. The highest BCUT2D eigenvalue weighted by molar-refractivity contribution is 5.89. The van der Waals surface area contributed by atoms with Crippen LogP contribution >= 0.6 is 0 Å². The molecule has 7 heteroatoms. The van der Waals surface area contributed by atoms with Gasteiger partial charge in [0.15, 0.2) is 6.10 Å². The predicted octanol–water partition coefficient (Wildman–Crippen LogP) is 0.838. The number of ether oxygens (including phenoxy) is 1. The van der Waals surface area contributed by atoms with Gasteiger partial charge in [0.2, 0.25) is 5.91 Å². The van der Waals surface area contributed by atoms with Crippen LogP contribution in [0.5, 0.6) is 0 Å². The Hall–Kier alpha value is -2.31. The van der Waals surface area contributed by atoms with Crippen LogP contribution in [0.4, 0.5) is 0 Å². The van der Waals surface area contributed by atoms with Crippen LogP contribution in [0.3, 0.4) is 0 Å². The molecule has 1 aliphatic carbocycles. The lowest BCUT2D eigenvalue weighted by atomic mass is 10.1. The molecule has 1 saturated heterocycles. The van der Waals surface area contributed by atoms with Crippen molar-refractivity contribution in [3.8, 4) is 0 Å². The van der Waals surface area contributed by atoms with Gasteiger partial charge in [-0.05, 0) is 31.9 Å². The van der Waals surface area contributed by atoms with Crippen molar-refractivity contribution in [2.45, 2.75) is 44.9 Å².